The van der Waals surface area contributed by atoms with Crippen LogP contribution in [0.1, 0.15) is 36.7 Å². The molecule has 1 heterocycles. The average molecular weight is 444 g/mol. The van der Waals surface area contributed by atoms with Crippen molar-refractivity contribution < 1.29 is 14.3 Å². The summed E-state index contributed by atoms with van der Waals surface area (Å²) in [5.41, 5.74) is 5.32. The van der Waals surface area contributed by atoms with Crippen LogP contribution in [0.25, 0.3) is 33.4 Å². The quantitative estimate of drug-likeness (QED) is 0.345. The summed E-state index contributed by atoms with van der Waals surface area (Å²) >= 11 is 0. The summed E-state index contributed by atoms with van der Waals surface area (Å²) < 4.78 is 8.39. The molecule has 5 heteroatoms. The summed E-state index contributed by atoms with van der Waals surface area (Å²) in [5, 5.41) is 12.1. The van der Waals surface area contributed by atoms with E-state index < -0.39 is 5.97 Å². The van der Waals surface area contributed by atoms with Crippen molar-refractivity contribution in [3.63, 3.8) is 0 Å². The Hall–Kier alpha value is -3.60. The van der Waals surface area contributed by atoms with Crippen LogP contribution < -0.4 is 14.8 Å². The molecule has 0 aromatic heterocycles. The van der Waals surface area contributed by atoms with Crippen molar-refractivity contribution in [3.05, 3.63) is 71.1 Å². The highest BCUT2D eigenvalue weighted by Crippen LogP contribution is 2.42. The van der Waals surface area contributed by atoms with Gasteiger partial charge in [-0.1, -0.05) is 32.9 Å². The summed E-state index contributed by atoms with van der Waals surface area (Å²) in [6.45, 7) is 6.27. The molecular weight excluding hydrogens is 412 g/mol. The van der Waals surface area contributed by atoms with E-state index in [1.165, 1.54) is 0 Å². The molecule has 4 rings (SSSR count). The van der Waals surface area contributed by atoms with E-state index in [0.717, 1.165) is 44.5 Å². The molecule has 0 saturated heterocycles. The third kappa shape index (κ3) is 4.11. The molecule has 0 amide bonds. The van der Waals surface area contributed by atoms with Gasteiger partial charge in [0.15, 0.2) is 0 Å². The Morgan fingerprint density at radius 2 is 1.64 bits per heavy atom. The number of fused-ring (bicyclic) bond motifs is 2. The Morgan fingerprint density at radius 1 is 0.939 bits per heavy atom. The summed E-state index contributed by atoms with van der Waals surface area (Å²) in [7, 11) is 7.95. The van der Waals surface area contributed by atoms with Crippen LogP contribution in [0.3, 0.4) is 0 Å². The molecule has 0 fully saturated rings. The van der Waals surface area contributed by atoms with Crippen molar-refractivity contribution >= 4 is 22.6 Å². The maximum atomic E-state index is 12.4. The van der Waals surface area contributed by atoms with Gasteiger partial charge in [-0.05, 0) is 40.8 Å². The zero-order valence-corrected chi connectivity index (χ0v) is 20.4. The second-order valence-corrected chi connectivity index (χ2v) is 9.94. The van der Waals surface area contributed by atoms with E-state index in [4.69, 9.17) is 4.42 Å². The van der Waals surface area contributed by atoms with Crippen LogP contribution in [0, 0.1) is 0 Å². The van der Waals surface area contributed by atoms with E-state index in [1.54, 1.807) is 0 Å². The average Bonchev–Trinajstić information content (AvgIpc) is 2.75. The Morgan fingerprint density at radius 3 is 2.24 bits per heavy atom. The summed E-state index contributed by atoms with van der Waals surface area (Å²) in [4.78, 5) is 14.4. The number of nitrogens with zero attached hydrogens (tertiary/aromatic N) is 2. The van der Waals surface area contributed by atoms with Crippen LogP contribution in [0.2, 0.25) is 0 Å². The topological polar surface area (TPSA) is 56.7 Å². The van der Waals surface area contributed by atoms with Crippen LogP contribution in [0.4, 0.5) is 5.69 Å². The van der Waals surface area contributed by atoms with E-state index in [2.05, 4.69) is 20.8 Å². The van der Waals surface area contributed by atoms with Gasteiger partial charge in [0.25, 0.3) is 0 Å². The number of rotatable bonds is 3. The van der Waals surface area contributed by atoms with Gasteiger partial charge in [0.2, 0.25) is 5.36 Å². The molecule has 1 aliphatic heterocycles. The number of hydrogen-bond donors (Lipinski definition) is 1. The van der Waals surface area contributed by atoms with Gasteiger partial charge in [-0.3, -0.25) is 0 Å². The second kappa shape index (κ2) is 8.07. The zero-order valence-electron chi connectivity index (χ0n) is 20.4. The number of benzene rings is 3. The zero-order chi connectivity index (χ0) is 24.1. The minimum Gasteiger partial charge on any atom is -0.478 e. The van der Waals surface area contributed by atoms with Crippen LogP contribution in [-0.4, -0.2) is 39.3 Å². The van der Waals surface area contributed by atoms with Gasteiger partial charge in [-0.2, -0.15) is 0 Å². The summed E-state index contributed by atoms with van der Waals surface area (Å²) in [6.07, 6.45) is 0. The van der Waals surface area contributed by atoms with E-state index in [-0.39, 0.29) is 5.41 Å². The highest BCUT2D eigenvalue weighted by molar-refractivity contribution is 6.08. The number of carboxylic acid groups (broad SMARTS) is 1. The SMILES string of the molecule is CN(C)c1ccc2c(-c3ccc(C(C)(C)C)cc3C(=O)O)c3ccc(=[N+](C)C)cc-3oc2c1. The lowest BCUT2D eigenvalue weighted by molar-refractivity contribution is 0.0697. The molecular formula is C28H31N2O3+. The van der Waals surface area contributed by atoms with Crippen molar-refractivity contribution in [1.82, 2.24) is 4.58 Å². The number of hydrogen-bond acceptors (Lipinski definition) is 3. The van der Waals surface area contributed by atoms with Crippen molar-refractivity contribution in [2.45, 2.75) is 26.2 Å². The molecule has 0 spiro atoms. The molecule has 1 N–H and O–H groups in total. The largest absolute Gasteiger partial charge is 0.478 e. The van der Waals surface area contributed by atoms with Crippen molar-refractivity contribution in [3.8, 4) is 22.5 Å². The number of anilines is 1. The Kier molecular flexibility index (Phi) is 5.52. The van der Waals surface area contributed by atoms with E-state index in [1.807, 2.05) is 92.3 Å². The number of aromatic carboxylic acids is 1. The fourth-order valence-electron chi connectivity index (χ4n) is 4.12. The van der Waals surface area contributed by atoms with Crippen molar-refractivity contribution in [2.75, 3.05) is 33.1 Å². The highest BCUT2D eigenvalue weighted by Gasteiger charge is 2.24. The van der Waals surface area contributed by atoms with Gasteiger partial charge in [-0.15, -0.1) is 0 Å². The minimum atomic E-state index is -0.937. The lowest BCUT2D eigenvalue weighted by Gasteiger charge is -2.22. The number of carbonyl (C=O) groups is 1. The van der Waals surface area contributed by atoms with E-state index in [0.29, 0.717) is 11.1 Å². The predicted molar refractivity (Wildman–Crippen MR) is 135 cm³/mol. The fraction of sp³-hybridized carbons (Fsp3) is 0.286. The lowest BCUT2D eigenvalue weighted by Crippen LogP contribution is -2.21. The van der Waals surface area contributed by atoms with Crippen LogP contribution in [0.15, 0.2) is 59.0 Å². The standard InChI is InChI=1S/C28H30N2O3/c1-28(2,3)17-8-11-20(23(14-17)27(31)32)26-21-12-9-18(29(4)5)15-24(21)33-25-16-19(30(6)7)10-13-22(25)26/h8-16H,1-7H3/p+1. The van der Waals surface area contributed by atoms with E-state index in [9.17, 15) is 9.90 Å². The molecule has 0 atom stereocenters. The van der Waals surface area contributed by atoms with Gasteiger partial charge in [0.05, 0.1) is 11.6 Å². The molecule has 1 aliphatic carbocycles. The van der Waals surface area contributed by atoms with Crippen LogP contribution in [0.5, 0.6) is 0 Å². The molecule has 0 radical (unpaired) electrons. The second-order valence-electron chi connectivity index (χ2n) is 9.94. The van der Waals surface area contributed by atoms with Gasteiger partial charge in [0, 0.05) is 48.4 Å². The molecule has 2 aromatic rings. The summed E-state index contributed by atoms with van der Waals surface area (Å²) in [6, 6.07) is 17.9. The van der Waals surface area contributed by atoms with Gasteiger partial charge in [-0.25, -0.2) is 9.37 Å². The van der Waals surface area contributed by atoms with Crippen LogP contribution >= 0.6 is 0 Å². The van der Waals surface area contributed by atoms with Gasteiger partial charge in [0.1, 0.15) is 25.4 Å². The van der Waals surface area contributed by atoms with Gasteiger partial charge >= 0.3 is 5.97 Å². The Bertz CT molecular complexity index is 1420. The van der Waals surface area contributed by atoms with E-state index >= 15 is 0 Å². The van der Waals surface area contributed by atoms with Gasteiger partial charge < -0.3 is 14.4 Å². The highest BCUT2D eigenvalue weighted by atomic mass is 16.4. The van der Waals surface area contributed by atoms with Crippen molar-refractivity contribution in [2.24, 2.45) is 0 Å². The Balaban J connectivity index is 2.16. The number of carboxylic acids is 1. The Labute approximate surface area is 194 Å². The minimum absolute atomic E-state index is 0.153. The smallest absolute Gasteiger partial charge is 0.336 e. The normalized spacial score (nSPS) is 11.7. The van der Waals surface area contributed by atoms with Crippen molar-refractivity contribution in [1.29, 1.82) is 0 Å². The first-order chi connectivity index (χ1) is 15.5. The molecule has 5 nitrogen and oxygen atoms in total. The first-order valence-corrected chi connectivity index (χ1v) is 11.0. The lowest BCUT2D eigenvalue weighted by atomic mass is 9.83. The summed E-state index contributed by atoms with van der Waals surface area (Å²) in [5.74, 6) is -0.219. The predicted octanol–water partition coefficient (Wildman–Crippen LogP) is 5.30. The molecule has 2 aliphatic rings. The first-order valence-electron chi connectivity index (χ1n) is 11.0. The first kappa shape index (κ1) is 22.6. The fourth-order valence-corrected chi connectivity index (χ4v) is 4.12. The molecule has 0 saturated carbocycles. The maximum Gasteiger partial charge on any atom is 0.336 e. The third-order valence-electron chi connectivity index (χ3n) is 6.11. The molecule has 33 heavy (non-hydrogen) atoms. The molecule has 0 unspecified atom stereocenters. The monoisotopic (exact) mass is 443 g/mol. The molecule has 0 bridgehead atoms. The molecule has 170 valence electrons. The third-order valence-corrected chi connectivity index (χ3v) is 6.11. The maximum absolute atomic E-state index is 12.4. The van der Waals surface area contributed by atoms with Crippen LogP contribution in [-0.2, 0) is 5.41 Å². The molecule has 2 aromatic carbocycles.